The lowest BCUT2D eigenvalue weighted by atomic mass is 9.90. The van der Waals surface area contributed by atoms with Gasteiger partial charge in [-0.15, -0.1) is 0 Å². The molecule has 3 aromatic carbocycles. The highest BCUT2D eigenvalue weighted by Gasteiger charge is 2.60. The van der Waals surface area contributed by atoms with Gasteiger partial charge in [0.05, 0.1) is 17.4 Å². The molecule has 0 spiro atoms. The molecule has 0 radical (unpaired) electrons. The van der Waals surface area contributed by atoms with Crippen LogP contribution in [0.5, 0.6) is 0 Å². The van der Waals surface area contributed by atoms with Crippen molar-refractivity contribution in [3.8, 4) is 0 Å². The number of hydrogen-bond acceptors (Lipinski definition) is 4. The summed E-state index contributed by atoms with van der Waals surface area (Å²) in [6.45, 7) is 0. The van der Waals surface area contributed by atoms with Gasteiger partial charge in [-0.05, 0) is 54.1 Å². The van der Waals surface area contributed by atoms with E-state index in [1.165, 1.54) is 4.90 Å². The molecule has 3 atom stereocenters. The van der Waals surface area contributed by atoms with E-state index in [2.05, 4.69) is 15.9 Å². The van der Waals surface area contributed by atoms with Crippen LogP contribution in [0, 0.1) is 5.92 Å². The lowest BCUT2D eigenvalue weighted by Crippen LogP contribution is -2.37. The number of rotatable bonds is 3. The van der Waals surface area contributed by atoms with Crippen LogP contribution < -0.4 is 9.96 Å². The van der Waals surface area contributed by atoms with E-state index in [4.69, 9.17) is 28.0 Å². The fourth-order valence-electron chi connectivity index (χ4n) is 4.12. The number of halogens is 3. The summed E-state index contributed by atoms with van der Waals surface area (Å²) in [6.07, 6.45) is -0.951. The molecule has 0 aliphatic carbocycles. The SMILES string of the molecule is O=C1[C@H]2[C@@H](ON(c3ccccc3)[C@H]2c2ccc(Cl)cc2Cl)C(=O)N1c1ccc(Br)cc1. The van der Waals surface area contributed by atoms with Crippen molar-refractivity contribution >= 4 is 62.3 Å². The van der Waals surface area contributed by atoms with Crippen LogP contribution in [0.2, 0.25) is 10.0 Å². The van der Waals surface area contributed by atoms with Gasteiger partial charge in [0.1, 0.15) is 5.92 Å². The highest BCUT2D eigenvalue weighted by atomic mass is 79.9. The number of nitrogens with zero attached hydrogens (tertiary/aromatic N) is 2. The monoisotopic (exact) mass is 516 g/mol. The quantitative estimate of drug-likeness (QED) is 0.411. The zero-order chi connectivity index (χ0) is 21.7. The first-order valence-corrected chi connectivity index (χ1v) is 11.1. The van der Waals surface area contributed by atoms with Crippen molar-refractivity contribution < 1.29 is 14.4 Å². The average molecular weight is 518 g/mol. The Balaban J connectivity index is 1.61. The van der Waals surface area contributed by atoms with Gasteiger partial charge in [0.25, 0.3) is 5.91 Å². The third-order valence-electron chi connectivity index (χ3n) is 5.49. The molecule has 5 nitrogen and oxygen atoms in total. The summed E-state index contributed by atoms with van der Waals surface area (Å²) in [5.41, 5.74) is 1.90. The first kappa shape index (κ1) is 20.5. The Kier molecular flexibility index (Phi) is 5.26. The van der Waals surface area contributed by atoms with E-state index in [9.17, 15) is 9.59 Å². The van der Waals surface area contributed by atoms with Gasteiger partial charge < -0.3 is 0 Å². The van der Waals surface area contributed by atoms with E-state index in [0.29, 0.717) is 21.3 Å². The lowest BCUT2D eigenvalue weighted by Gasteiger charge is -2.29. The number of anilines is 2. The predicted octanol–water partition coefficient (Wildman–Crippen LogP) is 5.81. The van der Waals surface area contributed by atoms with E-state index in [1.807, 2.05) is 30.3 Å². The normalized spacial score (nSPS) is 22.9. The number of fused-ring (bicyclic) bond motifs is 1. The highest BCUT2D eigenvalue weighted by molar-refractivity contribution is 9.10. The smallest absolute Gasteiger partial charge is 0.266 e. The second kappa shape index (κ2) is 7.95. The highest BCUT2D eigenvalue weighted by Crippen LogP contribution is 2.49. The second-order valence-corrected chi connectivity index (χ2v) is 9.07. The maximum Gasteiger partial charge on any atom is 0.266 e. The molecule has 0 aromatic heterocycles. The van der Waals surface area contributed by atoms with Gasteiger partial charge in [-0.25, -0.2) is 9.96 Å². The zero-order valence-electron chi connectivity index (χ0n) is 15.9. The number of amides is 2. The third-order valence-corrected chi connectivity index (χ3v) is 6.58. The number of carbonyl (C=O) groups is 2. The summed E-state index contributed by atoms with van der Waals surface area (Å²) < 4.78 is 0.855. The van der Waals surface area contributed by atoms with Crippen LogP contribution in [0.3, 0.4) is 0 Å². The summed E-state index contributed by atoms with van der Waals surface area (Å²) in [5.74, 6) is -1.48. The summed E-state index contributed by atoms with van der Waals surface area (Å²) in [4.78, 5) is 34.1. The van der Waals surface area contributed by atoms with E-state index in [-0.39, 0.29) is 5.91 Å². The van der Waals surface area contributed by atoms with Crippen LogP contribution in [0.25, 0.3) is 0 Å². The standard InChI is InChI=1S/C23H15BrCl2N2O3/c24-13-6-9-15(10-7-13)27-22(29)19-20(17-11-8-14(25)12-18(17)26)28(31-21(19)23(27)30)16-4-2-1-3-5-16/h1-12,19-21H/t19-,20+,21-/m1/s1. The van der Waals surface area contributed by atoms with Crippen molar-refractivity contribution in [1.82, 2.24) is 0 Å². The fraction of sp³-hybridized carbons (Fsp3) is 0.130. The lowest BCUT2D eigenvalue weighted by molar-refractivity contribution is -0.126. The maximum absolute atomic E-state index is 13.5. The Labute approximate surface area is 197 Å². The molecular weight excluding hydrogens is 503 g/mol. The third kappa shape index (κ3) is 3.44. The molecule has 5 rings (SSSR count). The van der Waals surface area contributed by atoms with Gasteiger partial charge in [0.2, 0.25) is 5.91 Å². The molecule has 2 fully saturated rings. The molecule has 156 valence electrons. The van der Waals surface area contributed by atoms with Crippen LogP contribution in [0.15, 0.2) is 77.3 Å². The number of benzene rings is 3. The van der Waals surface area contributed by atoms with Gasteiger partial charge >= 0.3 is 0 Å². The van der Waals surface area contributed by atoms with Gasteiger partial charge in [0.15, 0.2) is 6.10 Å². The van der Waals surface area contributed by atoms with Crippen molar-refractivity contribution in [2.24, 2.45) is 5.92 Å². The number of hydrogen-bond donors (Lipinski definition) is 0. The molecule has 2 aliphatic rings. The summed E-state index contributed by atoms with van der Waals surface area (Å²) in [6, 6.07) is 20.9. The minimum atomic E-state index is -0.951. The summed E-state index contributed by atoms with van der Waals surface area (Å²) in [7, 11) is 0. The minimum absolute atomic E-state index is 0.327. The first-order chi connectivity index (χ1) is 15.0. The first-order valence-electron chi connectivity index (χ1n) is 9.55. The van der Waals surface area contributed by atoms with Gasteiger partial charge in [-0.1, -0.05) is 63.4 Å². The van der Waals surface area contributed by atoms with Crippen molar-refractivity contribution in [3.05, 3.63) is 92.9 Å². The number of para-hydroxylation sites is 1. The van der Waals surface area contributed by atoms with E-state index >= 15 is 0 Å². The second-order valence-electron chi connectivity index (χ2n) is 7.31. The van der Waals surface area contributed by atoms with Crippen LogP contribution >= 0.6 is 39.1 Å². The molecule has 2 amide bonds. The summed E-state index contributed by atoms with van der Waals surface area (Å²) >= 11 is 16.0. The maximum atomic E-state index is 13.5. The molecule has 0 N–H and O–H groups in total. The molecule has 8 heteroatoms. The molecular formula is C23H15BrCl2N2O3. The fourth-order valence-corrected chi connectivity index (χ4v) is 4.90. The molecule has 0 unspecified atom stereocenters. The van der Waals surface area contributed by atoms with Crippen molar-refractivity contribution in [2.75, 3.05) is 9.96 Å². The molecule has 31 heavy (non-hydrogen) atoms. The van der Waals surface area contributed by atoms with Gasteiger partial charge in [0, 0.05) is 14.5 Å². The molecule has 2 aliphatic heterocycles. The topological polar surface area (TPSA) is 49.9 Å². The molecule has 2 saturated heterocycles. The molecule has 0 saturated carbocycles. The summed E-state index contributed by atoms with van der Waals surface area (Å²) in [5, 5.41) is 2.50. The largest absolute Gasteiger partial charge is 0.273 e. The van der Waals surface area contributed by atoms with E-state index in [0.717, 1.165) is 10.2 Å². The Morgan fingerprint density at radius 3 is 2.23 bits per heavy atom. The van der Waals surface area contributed by atoms with Crippen molar-refractivity contribution in [2.45, 2.75) is 12.1 Å². The van der Waals surface area contributed by atoms with Crippen LogP contribution in [-0.4, -0.2) is 17.9 Å². The van der Waals surface area contributed by atoms with Crippen LogP contribution in [0.1, 0.15) is 11.6 Å². The Hall–Kier alpha value is -2.38. The minimum Gasteiger partial charge on any atom is -0.273 e. The number of carbonyl (C=O) groups excluding carboxylic acids is 2. The van der Waals surface area contributed by atoms with Crippen molar-refractivity contribution in [3.63, 3.8) is 0 Å². The van der Waals surface area contributed by atoms with E-state index < -0.39 is 24.0 Å². The molecule has 3 aromatic rings. The van der Waals surface area contributed by atoms with Gasteiger partial charge in [-0.3, -0.25) is 14.4 Å². The molecule has 2 heterocycles. The van der Waals surface area contributed by atoms with Crippen LogP contribution in [-0.2, 0) is 14.4 Å². The van der Waals surface area contributed by atoms with Crippen molar-refractivity contribution in [1.29, 1.82) is 0 Å². The van der Waals surface area contributed by atoms with Crippen LogP contribution in [0.4, 0.5) is 11.4 Å². The van der Waals surface area contributed by atoms with E-state index in [1.54, 1.807) is 47.5 Å². The predicted molar refractivity (Wildman–Crippen MR) is 123 cm³/mol. The number of imide groups is 1. The number of hydroxylamine groups is 1. The van der Waals surface area contributed by atoms with Gasteiger partial charge in [-0.2, -0.15) is 0 Å². The Bertz CT molecular complexity index is 1170. The Morgan fingerprint density at radius 2 is 1.55 bits per heavy atom. The average Bonchev–Trinajstić information content (AvgIpc) is 3.26. The molecule has 0 bridgehead atoms. The Morgan fingerprint density at radius 1 is 0.839 bits per heavy atom. The zero-order valence-corrected chi connectivity index (χ0v) is 19.0.